The van der Waals surface area contributed by atoms with E-state index in [0.29, 0.717) is 32.9 Å². The molecule has 4 aromatic rings. The van der Waals surface area contributed by atoms with Crippen molar-refractivity contribution in [3.8, 4) is 44.5 Å². The lowest BCUT2D eigenvalue weighted by molar-refractivity contribution is 0.495. The maximum Gasteiger partial charge on any atom is 0.200 e. The molecular weight excluding hydrogens is 606 g/mol. The molecule has 0 aliphatic heterocycles. The van der Waals surface area contributed by atoms with Crippen molar-refractivity contribution in [3.63, 3.8) is 0 Å². The van der Waals surface area contributed by atoms with E-state index >= 15 is 0 Å². The lowest BCUT2D eigenvalue weighted by Crippen LogP contribution is -2.28. The lowest BCUT2D eigenvalue weighted by atomic mass is 9.71. The smallest absolute Gasteiger partial charge is 0.200 e. The van der Waals surface area contributed by atoms with E-state index in [4.69, 9.17) is 0 Å². The zero-order valence-corrected chi connectivity index (χ0v) is 31.2. The van der Waals surface area contributed by atoms with Gasteiger partial charge in [-0.25, -0.2) is 0 Å². The van der Waals surface area contributed by atoms with E-state index in [1.807, 2.05) is 24.3 Å². The van der Waals surface area contributed by atoms with Crippen LogP contribution in [0.25, 0.3) is 44.5 Å². The number of hydrogen-bond donors (Lipinski definition) is 4. The Morgan fingerprint density at radius 2 is 0.696 bits per heavy atom. The minimum atomic E-state index is -2.59. The Morgan fingerprint density at radius 3 is 0.957 bits per heavy atom. The summed E-state index contributed by atoms with van der Waals surface area (Å²) in [5, 5.41) is 0.932. The van der Waals surface area contributed by atoms with Gasteiger partial charge in [0.1, 0.15) is 0 Å². The first kappa shape index (κ1) is 34.9. The molecule has 0 spiro atoms. The SMILES string of the molecule is CC(C)(C)c1ccc(-c2c(-c3ccc(C(C)(C)C)cc3C(C)(C)C)c(P(O)O)c3c(c2P(O)O)-c2ccccc2-3)c(C(C)(C)C)c1. The molecule has 0 saturated carbocycles. The number of fused-ring (bicyclic) bond motifs is 4. The summed E-state index contributed by atoms with van der Waals surface area (Å²) in [7, 11) is -5.17. The fourth-order valence-electron chi connectivity index (χ4n) is 6.73. The van der Waals surface area contributed by atoms with E-state index in [9.17, 15) is 19.6 Å². The summed E-state index contributed by atoms with van der Waals surface area (Å²) >= 11 is 0. The standard InChI is InChI=1S/C40H50O4P2/c1-37(2,3)23-17-19-27(29(21-23)39(7,8)9)33-34(28-20-18-24(38(4,5)6)22-30(28)40(10,11)12)36(46(43)44)32-26-16-14-13-15-25(26)31(32)35(33)45(41)42/h13-22,41-44H,1-12H3. The normalized spacial score (nSPS) is 13.6. The molecule has 4 N–H and O–H groups in total. The van der Waals surface area contributed by atoms with Gasteiger partial charge in [-0.2, -0.15) is 0 Å². The Balaban J connectivity index is 2.08. The second-order valence-corrected chi connectivity index (χ2v) is 18.9. The third-order valence-corrected chi connectivity index (χ3v) is 10.9. The lowest BCUT2D eigenvalue weighted by Gasteiger charge is -2.37. The van der Waals surface area contributed by atoms with Crippen LogP contribution in [0.2, 0.25) is 0 Å². The molecule has 5 rings (SSSR count). The van der Waals surface area contributed by atoms with E-state index < -0.39 is 16.8 Å². The first-order valence-corrected chi connectivity index (χ1v) is 18.5. The van der Waals surface area contributed by atoms with Gasteiger partial charge in [0.15, 0.2) is 0 Å². The predicted octanol–water partition coefficient (Wildman–Crippen LogP) is 9.70. The second-order valence-electron chi connectivity index (χ2n) is 16.8. The molecule has 6 heteroatoms. The van der Waals surface area contributed by atoms with Crippen molar-refractivity contribution in [2.75, 3.05) is 0 Å². The van der Waals surface area contributed by atoms with Crippen molar-refractivity contribution in [1.29, 1.82) is 0 Å². The van der Waals surface area contributed by atoms with Gasteiger partial charge >= 0.3 is 0 Å². The molecule has 1 aliphatic carbocycles. The van der Waals surface area contributed by atoms with Crippen LogP contribution < -0.4 is 10.6 Å². The molecule has 46 heavy (non-hydrogen) atoms. The van der Waals surface area contributed by atoms with E-state index in [1.165, 1.54) is 11.1 Å². The maximum absolute atomic E-state index is 11.4. The van der Waals surface area contributed by atoms with Gasteiger partial charge in [-0.15, -0.1) is 0 Å². The van der Waals surface area contributed by atoms with Crippen LogP contribution in [0.5, 0.6) is 0 Å². The summed E-state index contributed by atoms with van der Waals surface area (Å²) in [6, 6.07) is 20.8. The number of hydrogen-bond acceptors (Lipinski definition) is 4. The molecule has 0 bridgehead atoms. The van der Waals surface area contributed by atoms with Crippen molar-refractivity contribution >= 4 is 27.4 Å². The molecule has 0 aromatic heterocycles. The van der Waals surface area contributed by atoms with Gasteiger partial charge < -0.3 is 19.6 Å². The van der Waals surface area contributed by atoms with E-state index in [2.05, 4.69) is 119 Å². The summed E-state index contributed by atoms with van der Waals surface area (Å²) in [5.41, 5.74) is 10.1. The van der Waals surface area contributed by atoms with E-state index in [1.54, 1.807) is 0 Å². The molecule has 4 nitrogen and oxygen atoms in total. The Hall–Kier alpha value is -2.42. The Morgan fingerprint density at radius 1 is 0.391 bits per heavy atom. The van der Waals surface area contributed by atoms with Crippen molar-refractivity contribution in [2.24, 2.45) is 0 Å². The van der Waals surface area contributed by atoms with E-state index in [-0.39, 0.29) is 21.7 Å². The molecule has 0 radical (unpaired) electrons. The minimum absolute atomic E-state index is 0.0952. The van der Waals surface area contributed by atoms with Crippen LogP contribution in [0.1, 0.15) is 105 Å². The fourth-order valence-corrected chi connectivity index (χ4v) is 8.46. The molecule has 1 aliphatic rings. The zero-order chi connectivity index (χ0) is 34.3. The molecular formula is C40H50O4P2. The second kappa shape index (κ2) is 11.6. The highest BCUT2D eigenvalue weighted by Gasteiger charge is 2.40. The van der Waals surface area contributed by atoms with Crippen LogP contribution in [-0.4, -0.2) is 19.6 Å². The molecule has 0 amide bonds. The summed E-state index contributed by atoms with van der Waals surface area (Å²) in [5.74, 6) is 0. The number of benzene rings is 4. The first-order valence-electron chi connectivity index (χ1n) is 16.1. The molecule has 0 fully saturated rings. The maximum atomic E-state index is 11.4. The third-order valence-electron chi connectivity index (χ3n) is 9.24. The van der Waals surface area contributed by atoms with Crippen LogP contribution in [0.3, 0.4) is 0 Å². The van der Waals surface area contributed by atoms with Crippen molar-refractivity contribution in [1.82, 2.24) is 0 Å². The summed E-state index contributed by atoms with van der Waals surface area (Å²) < 4.78 is 0. The van der Waals surface area contributed by atoms with Gasteiger partial charge in [0, 0.05) is 32.9 Å². The van der Waals surface area contributed by atoms with Gasteiger partial charge in [-0.05, 0) is 66.2 Å². The minimum Gasteiger partial charge on any atom is -0.347 e. The summed E-state index contributed by atoms with van der Waals surface area (Å²) in [6.07, 6.45) is 0. The predicted molar refractivity (Wildman–Crippen MR) is 199 cm³/mol. The first-order chi connectivity index (χ1) is 21.0. The highest BCUT2D eigenvalue weighted by Crippen LogP contribution is 2.57. The topological polar surface area (TPSA) is 80.9 Å². The monoisotopic (exact) mass is 656 g/mol. The molecule has 0 atom stereocenters. The van der Waals surface area contributed by atoms with Gasteiger partial charge in [0.25, 0.3) is 0 Å². The Labute approximate surface area is 278 Å². The Bertz CT molecular complexity index is 1690. The highest BCUT2D eigenvalue weighted by atomic mass is 31.2. The van der Waals surface area contributed by atoms with Crippen LogP contribution in [0.15, 0.2) is 60.7 Å². The number of rotatable bonds is 4. The molecule has 0 unspecified atom stereocenters. The molecule has 244 valence electrons. The molecule has 0 saturated heterocycles. The van der Waals surface area contributed by atoms with Crippen molar-refractivity contribution < 1.29 is 19.6 Å². The highest BCUT2D eigenvalue weighted by molar-refractivity contribution is 7.56. The van der Waals surface area contributed by atoms with Crippen molar-refractivity contribution in [2.45, 2.75) is 105 Å². The van der Waals surface area contributed by atoms with Gasteiger partial charge in [0.2, 0.25) is 16.8 Å². The van der Waals surface area contributed by atoms with Gasteiger partial charge in [0.05, 0.1) is 0 Å². The van der Waals surface area contributed by atoms with Gasteiger partial charge in [-0.3, -0.25) is 0 Å². The van der Waals surface area contributed by atoms with Crippen LogP contribution >= 0.6 is 16.8 Å². The van der Waals surface area contributed by atoms with Crippen LogP contribution in [-0.2, 0) is 21.7 Å². The summed E-state index contributed by atoms with van der Waals surface area (Å²) in [4.78, 5) is 45.6. The third kappa shape index (κ3) is 6.03. The zero-order valence-electron chi connectivity index (χ0n) is 29.5. The summed E-state index contributed by atoms with van der Waals surface area (Å²) in [6.45, 7) is 26.3. The van der Waals surface area contributed by atoms with Gasteiger partial charge in [-0.1, -0.05) is 144 Å². The quantitative estimate of drug-likeness (QED) is 0.145. The van der Waals surface area contributed by atoms with E-state index in [0.717, 1.165) is 33.4 Å². The average molecular weight is 657 g/mol. The van der Waals surface area contributed by atoms with Crippen LogP contribution in [0.4, 0.5) is 0 Å². The molecule has 4 aromatic carbocycles. The van der Waals surface area contributed by atoms with Crippen molar-refractivity contribution in [3.05, 3.63) is 82.9 Å². The Kier molecular flexibility index (Phi) is 8.82. The fraction of sp³-hybridized carbons (Fsp3) is 0.400. The molecule has 0 heterocycles. The average Bonchev–Trinajstić information content (AvgIpc) is 2.91. The van der Waals surface area contributed by atoms with Crippen LogP contribution in [0, 0.1) is 0 Å². The largest absolute Gasteiger partial charge is 0.347 e.